The number of amides is 1. The van der Waals surface area contributed by atoms with E-state index in [0.29, 0.717) is 12.4 Å². The fourth-order valence-corrected chi connectivity index (χ4v) is 4.33. The Kier molecular flexibility index (Phi) is 5.61. The largest absolute Gasteiger partial charge is 0.509 e. The van der Waals surface area contributed by atoms with E-state index in [2.05, 4.69) is 4.98 Å². The van der Waals surface area contributed by atoms with E-state index in [0.717, 1.165) is 5.56 Å². The van der Waals surface area contributed by atoms with Crippen molar-refractivity contribution in [2.45, 2.75) is 30.1 Å². The van der Waals surface area contributed by atoms with Crippen molar-refractivity contribution < 1.29 is 37.4 Å². The predicted octanol–water partition coefficient (Wildman–Crippen LogP) is 1.84. The minimum absolute atomic E-state index is 0.0376. The molecule has 1 saturated heterocycles. The monoisotopic (exact) mass is 446 g/mol. The molecule has 4 rings (SSSR count). The lowest BCUT2D eigenvalue weighted by molar-refractivity contribution is -0.156. The quantitative estimate of drug-likeness (QED) is 0.384. The summed E-state index contributed by atoms with van der Waals surface area (Å²) in [4.78, 5) is 27.2. The molecule has 0 saturated carbocycles. The van der Waals surface area contributed by atoms with Crippen LogP contribution in [0.2, 0.25) is 0 Å². The van der Waals surface area contributed by atoms with Crippen LogP contribution in [-0.4, -0.2) is 53.8 Å². The van der Waals surface area contributed by atoms with Crippen LogP contribution in [0.25, 0.3) is 0 Å². The Balaban J connectivity index is 1.36. The molecule has 1 aliphatic carbocycles. The Morgan fingerprint density at radius 1 is 1.16 bits per heavy atom. The van der Waals surface area contributed by atoms with Gasteiger partial charge in [-0.15, -0.1) is 0 Å². The van der Waals surface area contributed by atoms with Gasteiger partial charge in [-0.1, -0.05) is 0 Å². The molecule has 0 bridgehead atoms. The number of hydroxylamine groups is 2. The highest BCUT2D eigenvalue weighted by atomic mass is 32.2. The van der Waals surface area contributed by atoms with E-state index in [4.69, 9.17) is 14.2 Å². The first kappa shape index (κ1) is 20.8. The second-order valence-electron chi connectivity index (χ2n) is 6.95. The van der Waals surface area contributed by atoms with Crippen LogP contribution in [-0.2, 0) is 30.7 Å². The number of aromatic nitrogens is 1. The third-order valence-corrected chi connectivity index (χ3v) is 6.35. The molecule has 162 valence electrons. The van der Waals surface area contributed by atoms with E-state index >= 15 is 0 Å². The topological polar surface area (TPSA) is 132 Å². The van der Waals surface area contributed by atoms with Crippen LogP contribution in [0.1, 0.15) is 12.0 Å². The van der Waals surface area contributed by atoms with Gasteiger partial charge in [0.15, 0.2) is 27.9 Å². The molecule has 1 aromatic carbocycles. The molecule has 0 spiro atoms. The lowest BCUT2D eigenvalue weighted by Crippen LogP contribution is -2.33. The summed E-state index contributed by atoms with van der Waals surface area (Å²) in [5.74, 6) is -1.36. The minimum atomic E-state index is -4.00. The summed E-state index contributed by atoms with van der Waals surface area (Å²) in [6.07, 6.45) is 2.49. The molecule has 1 aromatic heterocycles. The number of rotatable bonds is 7. The standard InChI is InChI=1S/C20H18N2O8S/c23-19(14-9-17-18(10-14)30-20(24)29-17)22(25)12-31(26,27)16-3-1-15(2-4-16)28-11-13-5-7-21-8-6-13/h1-9,17-18,25H,10-12H2. The first-order valence-corrected chi connectivity index (χ1v) is 10.9. The number of pyridine rings is 1. The maximum absolute atomic E-state index is 12.6. The van der Waals surface area contributed by atoms with Crippen LogP contribution in [0.4, 0.5) is 4.79 Å². The van der Waals surface area contributed by atoms with Crippen molar-refractivity contribution in [3.63, 3.8) is 0 Å². The van der Waals surface area contributed by atoms with E-state index in [-0.39, 0.29) is 22.0 Å². The normalized spacial score (nSPS) is 19.8. The van der Waals surface area contributed by atoms with Gasteiger partial charge in [-0.2, -0.15) is 0 Å². The number of benzene rings is 1. The van der Waals surface area contributed by atoms with Crippen molar-refractivity contribution in [3.8, 4) is 5.75 Å². The van der Waals surface area contributed by atoms with E-state index in [1.165, 1.54) is 30.3 Å². The zero-order valence-corrected chi connectivity index (χ0v) is 16.9. The van der Waals surface area contributed by atoms with Gasteiger partial charge in [-0.3, -0.25) is 15.0 Å². The Labute approximate surface area is 177 Å². The molecular weight excluding hydrogens is 428 g/mol. The molecule has 2 aliphatic rings. The van der Waals surface area contributed by atoms with Gasteiger partial charge in [0.2, 0.25) is 0 Å². The fourth-order valence-electron chi connectivity index (χ4n) is 3.20. The second-order valence-corrected chi connectivity index (χ2v) is 8.91. The molecule has 0 radical (unpaired) electrons. The van der Waals surface area contributed by atoms with Crippen molar-refractivity contribution in [1.29, 1.82) is 0 Å². The number of nitrogens with zero attached hydrogens (tertiary/aromatic N) is 2. The Hall–Kier alpha value is -3.44. The molecule has 10 nitrogen and oxygen atoms in total. The van der Waals surface area contributed by atoms with Crippen molar-refractivity contribution in [3.05, 3.63) is 66.0 Å². The summed E-state index contributed by atoms with van der Waals surface area (Å²) in [6.45, 7) is 0.295. The van der Waals surface area contributed by atoms with Gasteiger partial charge in [0, 0.05) is 24.4 Å². The summed E-state index contributed by atoms with van der Waals surface area (Å²) in [5, 5.41) is 10.2. The SMILES string of the molecule is O=C1OC2C=C(C(=O)N(O)CS(=O)(=O)c3ccc(OCc4ccncc4)cc3)CC2O1. The van der Waals surface area contributed by atoms with Crippen molar-refractivity contribution >= 4 is 21.9 Å². The molecular formula is C20H18N2O8S. The molecule has 1 amide bonds. The summed E-state index contributed by atoms with van der Waals surface area (Å²) >= 11 is 0. The summed E-state index contributed by atoms with van der Waals surface area (Å²) in [7, 11) is -4.00. The highest BCUT2D eigenvalue weighted by molar-refractivity contribution is 7.91. The summed E-state index contributed by atoms with van der Waals surface area (Å²) < 4.78 is 40.5. The van der Waals surface area contributed by atoms with Crippen LogP contribution < -0.4 is 4.74 Å². The number of fused-ring (bicyclic) bond motifs is 1. The maximum atomic E-state index is 12.6. The number of ether oxygens (including phenoxy) is 3. The van der Waals surface area contributed by atoms with Crippen LogP contribution in [0.15, 0.2) is 65.3 Å². The first-order chi connectivity index (χ1) is 14.8. The number of carbonyl (C=O) groups is 2. The third kappa shape index (κ3) is 4.67. The van der Waals surface area contributed by atoms with Gasteiger partial charge < -0.3 is 14.2 Å². The van der Waals surface area contributed by atoms with Crippen molar-refractivity contribution in [2.75, 3.05) is 5.88 Å². The zero-order valence-electron chi connectivity index (χ0n) is 16.1. The molecule has 1 fully saturated rings. The molecule has 2 unspecified atom stereocenters. The van der Waals surface area contributed by atoms with Crippen LogP contribution in [0.3, 0.4) is 0 Å². The number of hydrogen-bond acceptors (Lipinski definition) is 9. The number of carbonyl (C=O) groups excluding carboxylic acids is 2. The highest BCUT2D eigenvalue weighted by Gasteiger charge is 2.42. The molecule has 31 heavy (non-hydrogen) atoms. The average Bonchev–Trinajstić information content (AvgIpc) is 3.30. The zero-order chi connectivity index (χ0) is 22.0. The molecule has 2 heterocycles. The minimum Gasteiger partial charge on any atom is -0.489 e. The number of hydrogen-bond donors (Lipinski definition) is 1. The first-order valence-electron chi connectivity index (χ1n) is 9.25. The predicted molar refractivity (Wildman–Crippen MR) is 104 cm³/mol. The van der Waals surface area contributed by atoms with Crippen LogP contribution in [0.5, 0.6) is 5.75 Å². The highest BCUT2D eigenvalue weighted by Crippen LogP contribution is 2.31. The second kappa shape index (κ2) is 8.36. The van der Waals surface area contributed by atoms with E-state index in [9.17, 15) is 23.2 Å². The summed E-state index contributed by atoms with van der Waals surface area (Å²) in [5.41, 5.74) is 1.02. The van der Waals surface area contributed by atoms with Crippen LogP contribution >= 0.6 is 0 Å². The van der Waals surface area contributed by atoms with Gasteiger partial charge in [0.1, 0.15) is 12.4 Å². The van der Waals surface area contributed by atoms with E-state index < -0.39 is 40.0 Å². The van der Waals surface area contributed by atoms with E-state index in [1.54, 1.807) is 24.5 Å². The molecule has 11 heteroatoms. The van der Waals surface area contributed by atoms with Crippen molar-refractivity contribution in [2.24, 2.45) is 0 Å². The number of sulfone groups is 1. The Morgan fingerprint density at radius 3 is 2.55 bits per heavy atom. The maximum Gasteiger partial charge on any atom is 0.509 e. The van der Waals surface area contributed by atoms with Gasteiger partial charge in [-0.25, -0.2) is 18.3 Å². The lowest BCUT2D eigenvalue weighted by atomic mass is 10.2. The fraction of sp³-hybridized carbons (Fsp3) is 0.250. The van der Waals surface area contributed by atoms with Crippen molar-refractivity contribution in [1.82, 2.24) is 10.0 Å². The third-order valence-electron chi connectivity index (χ3n) is 4.77. The lowest BCUT2D eigenvalue weighted by Gasteiger charge is -2.16. The Morgan fingerprint density at radius 2 is 1.87 bits per heavy atom. The molecule has 2 aromatic rings. The van der Waals surface area contributed by atoms with Gasteiger partial charge in [-0.05, 0) is 48.0 Å². The smallest absolute Gasteiger partial charge is 0.489 e. The summed E-state index contributed by atoms with van der Waals surface area (Å²) in [6, 6.07) is 9.25. The molecule has 2 atom stereocenters. The molecule has 1 N–H and O–H groups in total. The van der Waals surface area contributed by atoms with Gasteiger partial charge >= 0.3 is 6.16 Å². The van der Waals surface area contributed by atoms with E-state index in [1.807, 2.05) is 0 Å². The van der Waals surface area contributed by atoms with Gasteiger partial charge in [0.05, 0.1) is 4.90 Å². The average molecular weight is 446 g/mol. The molecule has 1 aliphatic heterocycles. The van der Waals surface area contributed by atoms with Gasteiger partial charge in [0.25, 0.3) is 5.91 Å². The van der Waals surface area contributed by atoms with Crippen LogP contribution in [0, 0.1) is 0 Å². The Bertz CT molecular complexity index is 1120.